The maximum atomic E-state index is 5.92. The summed E-state index contributed by atoms with van der Waals surface area (Å²) in [5, 5.41) is 7.91. The second-order valence-electron chi connectivity index (χ2n) is 4.21. The molecule has 0 radical (unpaired) electrons. The minimum atomic E-state index is 0.437. The van der Waals surface area contributed by atoms with Crippen molar-refractivity contribution < 1.29 is 4.52 Å². The summed E-state index contributed by atoms with van der Waals surface area (Å²) in [5.41, 5.74) is 0.862. The molecule has 2 aromatic rings. The van der Waals surface area contributed by atoms with Crippen molar-refractivity contribution in [1.29, 1.82) is 0 Å². The molecule has 1 aromatic carbocycles. The number of benzene rings is 1. The van der Waals surface area contributed by atoms with Crippen molar-refractivity contribution in [3.63, 3.8) is 0 Å². The lowest BCUT2D eigenvalue weighted by Gasteiger charge is -2.07. The Hall–Kier alpha value is -1.39. The van der Waals surface area contributed by atoms with Crippen LogP contribution in [0, 0.1) is 0 Å². The maximum Gasteiger partial charge on any atom is 0.240 e. The molecule has 1 heterocycles. The van der Waals surface area contributed by atoms with E-state index in [1.165, 1.54) is 0 Å². The van der Waals surface area contributed by atoms with E-state index in [-0.39, 0.29) is 0 Å². The van der Waals surface area contributed by atoms with Crippen molar-refractivity contribution in [3.8, 4) is 11.4 Å². The van der Waals surface area contributed by atoms with E-state index in [4.69, 9.17) is 16.1 Å². The molecule has 1 atom stereocenters. The Bertz CT molecular complexity index is 512. The van der Waals surface area contributed by atoms with Crippen LogP contribution in [0.15, 0.2) is 28.8 Å². The van der Waals surface area contributed by atoms with Gasteiger partial charge in [-0.25, -0.2) is 0 Å². The molecule has 1 unspecified atom stereocenters. The monoisotopic (exact) mass is 265 g/mol. The predicted molar refractivity (Wildman–Crippen MR) is 71.3 cm³/mol. The first-order valence-corrected chi connectivity index (χ1v) is 6.38. The highest BCUT2D eigenvalue weighted by Gasteiger charge is 2.09. The number of nitrogens with one attached hydrogen (secondary N) is 1. The molecule has 4 nitrogen and oxygen atoms in total. The Labute approximate surface area is 111 Å². The van der Waals surface area contributed by atoms with Gasteiger partial charge in [-0.15, -0.1) is 0 Å². The van der Waals surface area contributed by atoms with Gasteiger partial charge in [0.15, 0.2) is 0 Å². The average Bonchev–Trinajstić information content (AvgIpc) is 2.84. The van der Waals surface area contributed by atoms with Crippen LogP contribution < -0.4 is 5.32 Å². The number of hydrogen-bond acceptors (Lipinski definition) is 4. The Morgan fingerprint density at radius 1 is 1.44 bits per heavy atom. The van der Waals surface area contributed by atoms with Crippen LogP contribution >= 0.6 is 11.6 Å². The van der Waals surface area contributed by atoms with Gasteiger partial charge in [-0.3, -0.25) is 0 Å². The third kappa shape index (κ3) is 3.31. The van der Waals surface area contributed by atoms with Crippen LogP contribution in [0.3, 0.4) is 0 Å². The number of rotatable bonds is 5. The van der Waals surface area contributed by atoms with Gasteiger partial charge in [0.05, 0.1) is 6.54 Å². The second kappa shape index (κ2) is 5.98. The predicted octanol–water partition coefficient (Wildman–Crippen LogP) is 3.28. The van der Waals surface area contributed by atoms with Crippen LogP contribution in [0.5, 0.6) is 0 Å². The van der Waals surface area contributed by atoms with Crippen molar-refractivity contribution in [3.05, 3.63) is 35.2 Å². The number of aromatic nitrogens is 2. The lowest BCUT2D eigenvalue weighted by Crippen LogP contribution is -2.24. The van der Waals surface area contributed by atoms with Crippen LogP contribution in [0.25, 0.3) is 11.4 Å². The Kier molecular flexibility index (Phi) is 4.33. The van der Waals surface area contributed by atoms with Gasteiger partial charge in [0.2, 0.25) is 11.7 Å². The van der Waals surface area contributed by atoms with Gasteiger partial charge >= 0.3 is 0 Å². The number of hydrogen-bond donors (Lipinski definition) is 1. The van der Waals surface area contributed by atoms with Gasteiger partial charge in [0, 0.05) is 16.6 Å². The van der Waals surface area contributed by atoms with E-state index >= 15 is 0 Å². The quantitative estimate of drug-likeness (QED) is 0.901. The fourth-order valence-corrected chi connectivity index (χ4v) is 1.67. The van der Waals surface area contributed by atoms with Crippen molar-refractivity contribution >= 4 is 11.6 Å². The molecule has 0 bridgehead atoms. The molecule has 0 aliphatic rings. The summed E-state index contributed by atoms with van der Waals surface area (Å²) in [6.45, 7) is 4.83. The third-order valence-corrected chi connectivity index (χ3v) is 3.00. The van der Waals surface area contributed by atoms with E-state index in [2.05, 4.69) is 29.3 Å². The van der Waals surface area contributed by atoms with Crippen LogP contribution in [0.4, 0.5) is 0 Å². The molecule has 0 spiro atoms. The van der Waals surface area contributed by atoms with E-state index < -0.39 is 0 Å². The summed E-state index contributed by atoms with van der Waals surface area (Å²) in [4.78, 5) is 4.33. The summed E-state index contributed by atoms with van der Waals surface area (Å²) < 4.78 is 5.19. The van der Waals surface area contributed by atoms with E-state index in [1.54, 1.807) is 0 Å². The summed E-state index contributed by atoms with van der Waals surface area (Å²) in [7, 11) is 0. The van der Waals surface area contributed by atoms with E-state index in [0.29, 0.717) is 29.3 Å². The molecule has 0 saturated carbocycles. The third-order valence-electron chi connectivity index (χ3n) is 2.77. The van der Waals surface area contributed by atoms with Crippen LogP contribution in [0.2, 0.25) is 5.02 Å². The van der Waals surface area contributed by atoms with Gasteiger partial charge in [0.25, 0.3) is 0 Å². The van der Waals surface area contributed by atoms with Crippen molar-refractivity contribution in [2.45, 2.75) is 32.9 Å². The molecule has 0 amide bonds. The lowest BCUT2D eigenvalue weighted by molar-refractivity contribution is 0.358. The molecular formula is C13H16ClN3O. The number of nitrogens with zero attached hydrogens (tertiary/aromatic N) is 2. The summed E-state index contributed by atoms with van der Waals surface area (Å²) in [6, 6.07) is 7.84. The van der Waals surface area contributed by atoms with Gasteiger partial charge in [-0.1, -0.05) is 35.8 Å². The molecule has 1 aromatic heterocycles. The fourth-order valence-electron chi connectivity index (χ4n) is 1.48. The zero-order valence-corrected chi connectivity index (χ0v) is 11.2. The molecule has 0 fully saturated rings. The first-order chi connectivity index (χ1) is 8.69. The molecular weight excluding hydrogens is 250 g/mol. The van der Waals surface area contributed by atoms with E-state index in [0.717, 1.165) is 12.0 Å². The fraction of sp³-hybridized carbons (Fsp3) is 0.385. The largest absolute Gasteiger partial charge is 0.338 e. The molecule has 1 N–H and O–H groups in total. The van der Waals surface area contributed by atoms with Gasteiger partial charge in [0.1, 0.15) is 0 Å². The highest BCUT2D eigenvalue weighted by molar-refractivity contribution is 6.30. The highest BCUT2D eigenvalue weighted by atomic mass is 35.5. The van der Waals surface area contributed by atoms with Gasteiger partial charge in [-0.05, 0) is 25.5 Å². The topological polar surface area (TPSA) is 51.0 Å². The zero-order valence-electron chi connectivity index (χ0n) is 10.5. The minimum Gasteiger partial charge on any atom is -0.338 e. The normalized spacial score (nSPS) is 12.6. The molecule has 2 rings (SSSR count). The molecule has 5 heteroatoms. The first kappa shape index (κ1) is 13.1. The van der Waals surface area contributed by atoms with Crippen molar-refractivity contribution in [1.82, 2.24) is 15.5 Å². The zero-order chi connectivity index (χ0) is 13.0. The SMILES string of the molecule is CCC(C)NCc1nc(-c2cccc(Cl)c2)no1. The van der Waals surface area contributed by atoms with Crippen LogP contribution in [0.1, 0.15) is 26.2 Å². The Morgan fingerprint density at radius 2 is 2.28 bits per heavy atom. The maximum absolute atomic E-state index is 5.92. The van der Waals surface area contributed by atoms with Crippen molar-refractivity contribution in [2.24, 2.45) is 0 Å². The average molecular weight is 266 g/mol. The van der Waals surface area contributed by atoms with Gasteiger partial charge < -0.3 is 9.84 Å². The lowest BCUT2D eigenvalue weighted by atomic mass is 10.2. The number of halogens is 1. The molecule has 96 valence electrons. The minimum absolute atomic E-state index is 0.437. The molecule has 0 saturated heterocycles. The molecule has 0 aliphatic carbocycles. The van der Waals surface area contributed by atoms with E-state index in [9.17, 15) is 0 Å². The van der Waals surface area contributed by atoms with Crippen LogP contribution in [-0.2, 0) is 6.54 Å². The van der Waals surface area contributed by atoms with E-state index in [1.807, 2.05) is 24.3 Å². The van der Waals surface area contributed by atoms with Gasteiger partial charge in [-0.2, -0.15) is 4.98 Å². The van der Waals surface area contributed by atoms with Crippen LogP contribution in [-0.4, -0.2) is 16.2 Å². The second-order valence-corrected chi connectivity index (χ2v) is 4.65. The Balaban J connectivity index is 2.06. The molecule has 18 heavy (non-hydrogen) atoms. The first-order valence-electron chi connectivity index (χ1n) is 6.01. The molecule has 0 aliphatic heterocycles. The summed E-state index contributed by atoms with van der Waals surface area (Å²) in [5.74, 6) is 1.16. The standard InChI is InChI=1S/C13H16ClN3O/c1-3-9(2)15-8-12-16-13(17-18-12)10-5-4-6-11(14)7-10/h4-7,9,15H,3,8H2,1-2H3. The summed E-state index contributed by atoms with van der Waals surface area (Å²) in [6.07, 6.45) is 1.06. The smallest absolute Gasteiger partial charge is 0.240 e. The Morgan fingerprint density at radius 3 is 3.00 bits per heavy atom. The van der Waals surface area contributed by atoms with Crippen molar-refractivity contribution in [2.75, 3.05) is 0 Å². The summed E-state index contributed by atoms with van der Waals surface area (Å²) >= 11 is 5.92. The highest BCUT2D eigenvalue weighted by Crippen LogP contribution is 2.19.